The summed E-state index contributed by atoms with van der Waals surface area (Å²) in [4.78, 5) is 11.1. The van der Waals surface area contributed by atoms with Gasteiger partial charge in [0.25, 0.3) is 0 Å². The van der Waals surface area contributed by atoms with Gasteiger partial charge in [-0.1, -0.05) is 54.1 Å². The van der Waals surface area contributed by atoms with Crippen molar-refractivity contribution in [3.05, 3.63) is 65.2 Å². The lowest BCUT2D eigenvalue weighted by molar-refractivity contribution is -0.134. The summed E-state index contributed by atoms with van der Waals surface area (Å²) in [6, 6.07) is 15.5. The Bertz CT molecular complexity index is 657. The van der Waals surface area contributed by atoms with Gasteiger partial charge in [-0.3, -0.25) is 4.79 Å². The number of hydrogen-bond acceptors (Lipinski definition) is 2. The summed E-state index contributed by atoms with van der Waals surface area (Å²) in [5.41, 5.74) is 2.94. The van der Waals surface area contributed by atoms with Crippen molar-refractivity contribution in [2.45, 2.75) is 6.42 Å². The van der Waals surface area contributed by atoms with Crippen LogP contribution in [-0.4, -0.2) is 5.97 Å². The van der Waals surface area contributed by atoms with Gasteiger partial charge in [0.1, 0.15) is 5.76 Å². The molecule has 0 radical (unpaired) electrons. The molecule has 0 amide bonds. The van der Waals surface area contributed by atoms with Gasteiger partial charge in [-0.05, 0) is 17.7 Å². The third-order valence-electron chi connectivity index (χ3n) is 3.03. The number of rotatable bonds is 2. The number of cyclic esters (lactones) is 1. The maximum atomic E-state index is 11.1. The number of ether oxygens (including phenoxy) is 1. The summed E-state index contributed by atoms with van der Waals surface area (Å²) >= 11 is 6.16. The molecule has 1 aliphatic rings. The van der Waals surface area contributed by atoms with Crippen LogP contribution in [0.4, 0.5) is 0 Å². The van der Waals surface area contributed by atoms with Crippen LogP contribution in [0.2, 0.25) is 5.02 Å². The minimum atomic E-state index is -0.204. The van der Waals surface area contributed by atoms with E-state index in [4.69, 9.17) is 16.3 Å². The molecule has 2 aromatic rings. The maximum Gasteiger partial charge on any atom is 0.315 e. The van der Waals surface area contributed by atoms with Crippen LogP contribution in [0.25, 0.3) is 16.9 Å². The molecule has 0 aliphatic carbocycles. The molecule has 0 bridgehead atoms. The first-order valence-electron chi connectivity index (χ1n) is 6.00. The highest BCUT2D eigenvalue weighted by molar-refractivity contribution is 6.33. The van der Waals surface area contributed by atoms with Crippen molar-refractivity contribution in [1.82, 2.24) is 0 Å². The molecule has 0 saturated heterocycles. The van der Waals surface area contributed by atoms with Crippen LogP contribution in [0.5, 0.6) is 0 Å². The zero-order valence-electron chi connectivity index (χ0n) is 10.1. The number of carbonyl (C=O) groups is 1. The van der Waals surface area contributed by atoms with Crippen molar-refractivity contribution >= 4 is 23.3 Å². The number of halogens is 1. The highest BCUT2D eigenvalue weighted by Crippen LogP contribution is 2.29. The average Bonchev–Trinajstić information content (AvgIpc) is 2.86. The van der Waals surface area contributed by atoms with E-state index in [9.17, 15) is 4.79 Å². The van der Waals surface area contributed by atoms with Crippen molar-refractivity contribution in [2.75, 3.05) is 0 Å². The Morgan fingerprint density at radius 3 is 2.26 bits per heavy atom. The molecule has 0 saturated carbocycles. The van der Waals surface area contributed by atoms with E-state index in [0.717, 1.165) is 21.7 Å². The van der Waals surface area contributed by atoms with Crippen molar-refractivity contribution in [3.8, 4) is 11.1 Å². The summed E-state index contributed by atoms with van der Waals surface area (Å²) < 4.78 is 5.11. The predicted molar refractivity (Wildman–Crippen MR) is 75.6 cm³/mol. The van der Waals surface area contributed by atoms with Crippen LogP contribution in [0.1, 0.15) is 12.0 Å². The number of carbonyl (C=O) groups excluding carboxylic acids is 1. The number of benzene rings is 2. The molecule has 0 N–H and O–H groups in total. The van der Waals surface area contributed by atoms with Gasteiger partial charge in [0.2, 0.25) is 0 Å². The molecule has 2 nitrogen and oxygen atoms in total. The highest BCUT2D eigenvalue weighted by Gasteiger charge is 2.15. The Balaban J connectivity index is 1.92. The zero-order valence-corrected chi connectivity index (χ0v) is 10.9. The van der Waals surface area contributed by atoms with E-state index >= 15 is 0 Å². The van der Waals surface area contributed by atoms with Gasteiger partial charge in [-0.15, -0.1) is 0 Å². The minimum Gasteiger partial charge on any atom is -0.426 e. The normalized spacial score (nSPS) is 14.2. The number of esters is 1. The van der Waals surface area contributed by atoms with Crippen molar-refractivity contribution < 1.29 is 9.53 Å². The van der Waals surface area contributed by atoms with Gasteiger partial charge >= 0.3 is 5.97 Å². The lowest BCUT2D eigenvalue weighted by atomic mass is 10.0. The predicted octanol–water partition coefficient (Wildman–Crippen LogP) is 4.29. The first-order valence-corrected chi connectivity index (χ1v) is 6.38. The van der Waals surface area contributed by atoms with Crippen molar-refractivity contribution in [2.24, 2.45) is 0 Å². The van der Waals surface area contributed by atoms with Crippen LogP contribution in [0.3, 0.4) is 0 Å². The molecule has 94 valence electrons. The van der Waals surface area contributed by atoms with Crippen molar-refractivity contribution in [3.63, 3.8) is 0 Å². The lowest BCUT2D eigenvalue weighted by Gasteiger charge is -2.06. The van der Waals surface area contributed by atoms with Crippen molar-refractivity contribution in [1.29, 1.82) is 0 Å². The van der Waals surface area contributed by atoms with E-state index in [1.165, 1.54) is 0 Å². The fourth-order valence-corrected chi connectivity index (χ4v) is 2.31. The second kappa shape index (κ2) is 4.90. The quantitative estimate of drug-likeness (QED) is 0.761. The molecule has 0 aromatic heterocycles. The van der Waals surface area contributed by atoms with E-state index in [0.29, 0.717) is 12.2 Å². The third kappa shape index (κ3) is 2.40. The molecule has 0 fully saturated rings. The molecule has 2 aromatic carbocycles. The Kier molecular flexibility index (Phi) is 3.10. The van der Waals surface area contributed by atoms with E-state index in [1.807, 2.05) is 48.5 Å². The van der Waals surface area contributed by atoms with Crippen LogP contribution < -0.4 is 0 Å². The second-order valence-corrected chi connectivity index (χ2v) is 4.71. The molecule has 0 atom stereocenters. The first kappa shape index (κ1) is 12.0. The van der Waals surface area contributed by atoms with Gasteiger partial charge in [0.15, 0.2) is 0 Å². The smallest absolute Gasteiger partial charge is 0.315 e. The second-order valence-electron chi connectivity index (χ2n) is 4.30. The topological polar surface area (TPSA) is 26.3 Å². The SMILES string of the molecule is O=C1CC=C(c2ccc(-c3ccccc3Cl)cc2)O1. The van der Waals surface area contributed by atoms with Crippen LogP contribution in [0, 0.1) is 0 Å². The summed E-state index contributed by atoms with van der Waals surface area (Å²) in [6.07, 6.45) is 2.15. The molecule has 1 heterocycles. The molecule has 19 heavy (non-hydrogen) atoms. The Labute approximate surface area is 116 Å². The summed E-state index contributed by atoms with van der Waals surface area (Å²) in [6.45, 7) is 0. The Hall–Kier alpha value is -2.06. The molecule has 0 unspecified atom stereocenters. The molecular weight excluding hydrogens is 260 g/mol. The molecular formula is C16H11ClO2. The number of hydrogen-bond donors (Lipinski definition) is 0. The van der Waals surface area contributed by atoms with Gasteiger partial charge in [-0.25, -0.2) is 0 Å². The first-order chi connectivity index (χ1) is 9.24. The van der Waals surface area contributed by atoms with Crippen LogP contribution >= 0.6 is 11.6 Å². The van der Waals surface area contributed by atoms with Gasteiger partial charge in [0, 0.05) is 16.1 Å². The fraction of sp³-hybridized carbons (Fsp3) is 0.0625. The summed E-state index contributed by atoms with van der Waals surface area (Å²) in [7, 11) is 0. The Morgan fingerprint density at radius 1 is 0.947 bits per heavy atom. The summed E-state index contributed by atoms with van der Waals surface area (Å²) in [5, 5.41) is 0.724. The monoisotopic (exact) mass is 270 g/mol. The van der Waals surface area contributed by atoms with Crippen LogP contribution in [-0.2, 0) is 9.53 Å². The summed E-state index contributed by atoms with van der Waals surface area (Å²) in [5.74, 6) is 0.431. The Morgan fingerprint density at radius 2 is 1.63 bits per heavy atom. The van der Waals surface area contributed by atoms with Crippen LogP contribution in [0.15, 0.2) is 54.6 Å². The largest absolute Gasteiger partial charge is 0.426 e. The van der Waals surface area contributed by atoms with Gasteiger partial charge in [-0.2, -0.15) is 0 Å². The average molecular weight is 271 g/mol. The maximum absolute atomic E-state index is 11.1. The molecule has 1 aliphatic heterocycles. The van der Waals surface area contributed by atoms with E-state index in [1.54, 1.807) is 6.08 Å². The van der Waals surface area contributed by atoms with E-state index in [2.05, 4.69) is 0 Å². The third-order valence-corrected chi connectivity index (χ3v) is 3.36. The van der Waals surface area contributed by atoms with Gasteiger partial charge in [0.05, 0.1) is 6.42 Å². The molecule has 3 rings (SSSR count). The van der Waals surface area contributed by atoms with Gasteiger partial charge < -0.3 is 4.74 Å². The van der Waals surface area contributed by atoms with E-state index < -0.39 is 0 Å². The standard InChI is InChI=1S/C16H11ClO2/c17-14-4-2-1-3-13(14)11-5-7-12(8-6-11)15-9-10-16(18)19-15/h1-9H,10H2. The minimum absolute atomic E-state index is 0.204. The lowest BCUT2D eigenvalue weighted by Crippen LogP contribution is -1.93. The zero-order chi connectivity index (χ0) is 13.2. The molecule has 0 spiro atoms. The van der Waals surface area contributed by atoms with E-state index in [-0.39, 0.29) is 5.97 Å². The highest BCUT2D eigenvalue weighted by atomic mass is 35.5. The fourth-order valence-electron chi connectivity index (χ4n) is 2.07. The molecule has 3 heteroatoms.